The maximum atomic E-state index is 11.2. The van der Waals surface area contributed by atoms with Crippen molar-refractivity contribution in [1.82, 2.24) is 5.32 Å². The van der Waals surface area contributed by atoms with E-state index in [0.29, 0.717) is 6.42 Å². The highest BCUT2D eigenvalue weighted by atomic mass is 16.2. The van der Waals surface area contributed by atoms with E-state index >= 15 is 0 Å². The third-order valence-electron chi connectivity index (χ3n) is 2.09. The van der Waals surface area contributed by atoms with Gasteiger partial charge < -0.3 is 5.32 Å². The van der Waals surface area contributed by atoms with E-state index in [1.165, 1.54) is 26.2 Å². The van der Waals surface area contributed by atoms with Gasteiger partial charge >= 0.3 is 0 Å². The molecule has 0 aromatic heterocycles. The first-order chi connectivity index (χ1) is 6.66. The molecule has 82 valence electrons. The van der Waals surface area contributed by atoms with Crippen LogP contribution in [-0.4, -0.2) is 18.2 Å². The van der Waals surface area contributed by atoms with Gasteiger partial charge in [-0.15, -0.1) is 0 Å². The van der Waals surface area contributed by atoms with Crippen LogP contribution >= 0.6 is 0 Å². The molecule has 0 fully saturated rings. The highest BCUT2D eigenvalue weighted by Crippen LogP contribution is 2.04. The molecule has 0 spiro atoms. The molecule has 0 bridgehead atoms. The Morgan fingerprint density at radius 1 is 1.07 bits per heavy atom. The SMILES string of the molecule is CCCCCCCC(=O)CNC(C)=O. The molecule has 0 unspecified atom stereocenters. The third kappa shape index (κ3) is 9.23. The van der Waals surface area contributed by atoms with Crippen LogP contribution in [0.15, 0.2) is 0 Å². The molecule has 3 heteroatoms. The van der Waals surface area contributed by atoms with E-state index in [-0.39, 0.29) is 18.2 Å². The summed E-state index contributed by atoms with van der Waals surface area (Å²) in [5.74, 6) is 0.000955. The first kappa shape index (κ1) is 13.1. The fraction of sp³-hybridized carbons (Fsp3) is 0.818. The Balaban J connectivity index is 3.22. The number of carbonyl (C=O) groups excluding carboxylic acids is 2. The van der Waals surface area contributed by atoms with E-state index in [9.17, 15) is 9.59 Å². The van der Waals surface area contributed by atoms with Crippen molar-refractivity contribution in [2.75, 3.05) is 6.54 Å². The quantitative estimate of drug-likeness (QED) is 0.608. The van der Waals surface area contributed by atoms with Crippen molar-refractivity contribution in [3.05, 3.63) is 0 Å². The van der Waals surface area contributed by atoms with Crippen molar-refractivity contribution in [2.45, 2.75) is 52.4 Å². The molecule has 0 saturated carbocycles. The maximum Gasteiger partial charge on any atom is 0.217 e. The number of hydrogen-bond donors (Lipinski definition) is 1. The Bertz CT molecular complexity index is 178. The zero-order chi connectivity index (χ0) is 10.8. The fourth-order valence-corrected chi connectivity index (χ4v) is 1.24. The van der Waals surface area contributed by atoms with E-state index in [0.717, 1.165) is 12.8 Å². The van der Waals surface area contributed by atoms with Crippen molar-refractivity contribution < 1.29 is 9.59 Å². The van der Waals surface area contributed by atoms with Gasteiger partial charge in [0.25, 0.3) is 0 Å². The summed E-state index contributed by atoms with van der Waals surface area (Å²) in [6.45, 7) is 3.79. The van der Waals surface area contributed by atoms with Crippen LogP contribution in [0.25, 0.3) is 0 Å². The summed E-state index contributed by atoms with van der Waals surface area (Å²) in [5, 5.41) is 2.51. The number of ketones is 1. The summed E-state index contributed by atoms with van der Waals surface area (Å²) in [6.07, 6.45) is 6.37. The lowest BCUT2D eigenvalue weighted by Gasteiger charge is -2.01. The molecule has 0 aromatic rings. The molecule has 0 heterocycles. The lowest BCUT2D eigenvalue weighted by molar-refractivity contribution is -0.123. The number of carbonyl (C=O) groups is 2. The number of Topliss-reactive ketones (excluding diaryl/α,β-unsaturated/α-hetero) is 1. The predicted molar refractivity (Wildman–Crippen MR) is 57.1 cm³/mol. The van der Waals surface area contributed by atoms with Gasteiger partial charge in [0, 0.05) is 13.3 Å². The van der Waals surface area contributed by atoms with Crippen LogP contribution in [0.4, 0.5) is 0 Å². The van der Waals surface area contributed by atoms with Gasteiger partial charge in [-0.05, 0) is 6.42 Å². The topological polar surface area (TPSA) is 46.2 Å². The van der Waals surface area contributed by atoms with Gasteiger partial charge in [0.15, 0.2) is 5.78 Å². The minimum absolute atomic E-state index is 0.135. The molecule has 0 aliphatic heterocycles. The van der Waals surface area contributed by atoms with Crippen LogP contribution in [0.5, 0.6) is 0 Å². The molecule has 14 heavy (non-hydrogen) atoms. The van der Waals surface area contributed by atoms with Crippen molar-refractivity contribution in [3.8, 4) is 0 Å². The number of hydrogen-bond acceptors (Lipinski definition) is 2. The van der Waals surface area contributed by atoms with Crippen molar-refractivity contribution >= 4 is 11.7 Å². The summed E-state index contributed by atoms with van der Waals surface area (Å²) in [4.78, 5) is 21.7. The summed E-state index contributed by atoms with van der Waals surface area (Å²) in [6, 6.07) is 0. The average molecular weight is 199 g/mol. The molecule has 1 amide bonds. The minimum atomic E-state index is -0.135. The van der Waals surface area contributed by atoms with Gasteiger partial charge in [0.05, 0.1) is 6.54 Å². The molecule has 0 radical (unpaired) electrons. The Hall–Kier alpha value is -0.860. The van der Waals surface area contributed by atoms with Gasteiger partial charge in [-0.2, -0.15) is 0 Å². The Morgan fingerprint density at radius 2 is 1.71 bits per heavy atom. The number of unbranched alkanes of at least 4 members (excludes halogenated alkanes) is 4. The Morgan fingerprint density at radius 3 is 2.29 bits per heavy atom. The van der Waals surface area contributed by atoms with E-state index in [1.54, 1.807) is 0 Å². The molecule has 0 atom stereocenters. The average Bonchev–Trinajstić information content (AvgIpc) is 2.14. The Labute approximate surface area is 86.3 Å². The van der Waals surface area contributed by atoms with E-state index in [1.807, 2.05) is 0 Å². The summed E-state index contributed by atoms with van der Waals surface area (Å²) < 4.78 is 0. The molecule has 0 aliphatic carbocycles. The second kappa shape index (κ2) is 8.73. The van der Waals surface area contributed by atoms with Crippen molar-refractivity contribution in [3.63, 3.8) is 0 Å². The monoisotopic (exact) mass is 199 g/mol. The molecular weight excluding hydrogens is 178 g/mol. The van der Waals surface area contributed by atoms with Gasteiger partial charge in [-0.1, -0.05) is 32.6 Å². The zero-order valence-electron chi connectivity index (χ0n) is 9.27. The van der Waals surface area contributed by atoms with Crippen LogP contribution in [0.3, 0.4) is 0 Å². The molecule has 0 saturated heterocycles. The summed E-state index contributed by atoms with van der Waals surface area (Å²) in [7, 11) is 0. The normalized spacial score (nSPS) is 9.86. The number of nitrogens with one attached hydrogen (secondary N) is 1. The molecular formula is C11H21NO2. The zero-order valence-corrected chi connectivity index (χ0v) is 9.27. The van der Waals surface area contributed by atoms with E-state index < -0.39 is 0 Å². The van der Waals surface area contributed by atoms with E-state index in [2.05, 4.69) is 12.2 Å². The molecule has 1 N–H and O–H groups in total. The third-order valence-corrected chi connectivity index (χ3v) is 2.09. The smallest absolute Gasteiger partial charge is 0.217 e. The van der Waals surface area contributed by atoms with Gasteiger partial charge in [0.1, 0.15) is 0 Å². The van der Waals surface area contributed by atoms with Gasteiger partial charge in [0.2, 0.25) is 5.91 Å². The van der Waals surface area contributed by atoms with Crippen LogP contribution in [-0.2, 0) is 9.59 Å². The van der Waals surface area contributed by atoms with Crippen LogP contribution < -0.4 is 5.32 Å². The molecule has 0 aliphatic rings. The molecule has 0 aromatic carbocycles. The fourth-order valence-electron chi connectivity index (χ4n) is 1.24. The maximum absolute atomic E-state index is 11.2. The second-order valence-corrected chi connectivity index (χ2v) is 3.61. The van der Waals surface area contributed by atoms with Gasteiger partial charge in [-0.25, -0.2) is 0 Å². The Kier molecular flexibility index (Phi) is 8.19. The first-order valence-electron chi connectivity index (χ1n) is 5.43. The first-order valence-corrected chi connectivity index (χ1v) is 5.43. The highest BCUT2D eigenvalue weighted by Gasteiger charge is 2.01. The molecule has 3 nitrogen and oxygen atoms in total. The van der Waals surface area contributed by atoms with E-state index in [4.69, 9.17) is 0 Å². The minimum Gasteiger partial charge on any atom is -0.349 e. The largest absolute Gasteiger partial charge is 0.349 e. The lowest BCUT2D eigenvalue weighted by Crippen LogP contribution is -2.26. The standard InChI is InChI=1S/C11H21NO2/c1-3-4-5-6-7-8-11(14)9-12-10(2)13/h3-9H2,1-2H3,(H,12,13). The predicted octanol–water partition coefficient (Wildman–Crippen LogP) is 2.05. The van der Waals surface area contributed by atoms with Crippen molar-refractivity contribution in [1.29, 1.82) is 0 Å². The van der Waals surface area contributed by atoms with Crippen LogP contribution in [0, 0.1) is 0 Å². The highest BCUT2D eigenvalue weighted by molar-refractivity contribution is 5.85. The summed E-state index contributed by atoms with van der Waals surface area (Å²) >= 11 is 0. The van der Waals surface area contributed by atoms with Gasteiger partial charge in [-0.3, -0.25) is 9.59 Å². The molecule has 0 rings (SSSR count). The van der Waals surface area contributed by atoms with Crippen LogP contribution in [0.1, 0.15) is 52.4 Å². The number of rotatable bonds is 8. The summed E-state index contributed by atoms with van der Waals surface area (Å²) in [5.41, 5.74) is 0. The number of amides is 1. The second-order valence-electron chi connectivity index (χ2n) is 3.61. The lowest BCUT2D eigenvalue weighted by atomic mass is 10.1. The van der Waals surface area contributed by atoms with Crippen molar-refractivity contribution in [2.24, 2.45) is 0 Å². The van der Waals surface area contributed by atoms with Crippen LogP contribution in [0.2, 0.25) is 0 Å².